The Kier molecular flexibility index (Phi) is 5.11. The topological polar surface area (TPSA) is 0 Å². The number of hydrogen-bond donors (Lipinski definition) is 0. The molecule has 0 radical (unpaired) electrons. The smallest absolute Gasteiger partial charge is 0.123 e. The summed E-state index contributed by atoms with van der Waals surface area (Å²) in [6.07, 6.45) is 6.13. The first kappa shape index (κ1) is 14.5. The Bertz CT molecular complexity index is 567. The van der Waals surface area contributed by atoms with Gasteiger partial charge in [-0.15, -0.1) is 0 Å². The summed E-state index contributed by atoms with van der Waals surface area (Å²) in [6, 6.07) is 13.6. The second kappa shape index (κ2) is 7.04. The van der Waals surface area contributed by atoms with Crippen molar-refractivity contribution in [1.29, 1.82) is 0 Å². The summed E-state index contributed by atoms with van der Waals surface area (Å²) in [7, 11) is 0. The maximum absolute atomic E-state index is 13.2. The molecule has 2 rings (SSSR count). The summed E-state index contributed by atoms with van der Waals surface area (Å²) >= 11 is 0. The van der Waals surface area contributed by atoms with Crippen LogP contribution >= 0.6 is 0 Å². The van der Waals surface area contributed by atoms with E-state index in [9.17, 15) is 4.39 Å². The fourth-order valence-electron chi connectivity index (χ4n) is 2.34. The van der Waals surface area contributed by atoms with Gasteiger partial charge in [-0.2, -0.15) is 0 Å². The predicted octanol–water partition coefficient (Wildman–Crippen LogP) is 5.40. The maximum Gasteiger partial charge on any atom is 0.123 e. The molecule has 0 aliphatic rings. The summed E-state index contributed by atoms with van der Waals surface area (Å²) in [4.78, 5) is 0. The van der Waals surface area contributed by atoms with Crippen LogP contribution in [0.2, 0.25) is 0 Å². The molecule has 0 heterocycles. The molecule has 0 spiro atoms. The van der Waals surface area contributed by atoms with Crippen LogP contribution in [0.15, 0.2) is 49.0 Å². The molecular formula is C19H21F. The molecular weight excluding hydrogens is 247 g/mol. The third-order valence-corrected chi connectivity index (χ3v) is 3.56. The monoisotopic (exact) mass is 268 g/mol. The first-order valence-electron chi connectivity index (χ1n) is 7.21. The van der Waals surface area contributed by atoms with E-state index < -0.39 is 0 Å². The highest BCUT2D eigenvalue weighted by Gasteiger charge is 2.03. The standard InChI is InChI=1S/C19H21F/c1-3-5-6-15-7-9-16(10-8-15)13-18-11-12-19(20)14-17(18)4-2/h4,7-12,14H,2-3,5-6,13H2,1H3. The zero-order valence-electron chi connectivity index (χ0n) is 12.0. The first-order chi connectivity index (χ1) is 9.72. The zero-order valence-corrected chi connectivity index (χ0v) is 12.0. The average molecular weight is 268 g/mol. The first-order valence-corrected chi connectivity index (χ1v) is 7.21. The van der Waals surface area contributed by atoms with Gasteiger partial charge in [0.25, 0.3) is 0 Å². The largest absolute Gasteiger partial charge is 0.207 e. The molecule has 0 atom stereocenters. The SMILES string of the molecule is C=Cc1cc(F)ccc1Cc1ccc(CCCC)cc1. The minimum Gasteiger partial charge on any atom is -0.207 e. The van der Waals surface area contributed by atoms with E-state index in [0.717, 1.165) is 24.0 Å². The van der Waals surface area contributed by atoms with Crippen molar-refractivity contribution in [2.75, 3.05) is 0 Å². The lowest BCUT2D eigenvalue weighted by Gasteiger charge is -2.08. The molecule has 0 saturated heterocycles. The Morgan fingerprint density at radius 1 is 1.05 bits per heavy atom. The summed E-state index contributed by atoms with van der Waals surface area (Å²) in [5.41, 5.74) is 4.63. The highest BCUT2D eigenvalue weighted by Crippen LogP contribution is 2.18. The number of hydrogen-bond acceptors (Lipinski definition) is 0. The molecule has 0 nitrogen and oxygen atoms in total. The van der Waals surface area contributed by atoms with Crippen molar-refractivity contribution in [3.8, 4) is 0 Å². The lowest BCUT2D eigenvalue weighted by atomic mass is 9.98. The van der Waals surface area contributed by atoms with Gasteiger partial charge in [0.15, 0.2) is 0 Å². The lowest BCUT2D eigenvalue weighted by Crippen LogP contribution is -1.93. The number of benzene rings is 2. The van der Waals surface area contributed by atoms with Gasteiger partial charge in [-0.05, 0) is 53.6 Å². The minimum atomic E-state index is -0.210. The third-order valence-electron chi connectivity index (χ3n) is 3.56. The van der Waals surface area contributed by atoms with Crippen molar-refractivity contribution < 1.29 is 4.39 Å². The van der Waals surface area contributed by atoms with Crippen LogP contribution in [0.4, 0.5) is 4.39 Å². The normalized spacial score (nSPS) is 10.5. The molecule has 0 bridgehead atoms. The van der Waals surface area contributed by atoms with Gasteiger partial charge in [0.1, 0.15) is 5.82 Å². The van der Waals surface area contributed by atoms with Crippen molar-refractivity contribution in [3.63, 3.8) is 0 Å². The molecule has 104 valence electrons. The van der Waals surface area contributed by atoms with E-state index in [1.54, 1.807) is 6.08 Å². The van der Waals surface area contributed by atoms with Crippen LogP contribution in [0.25, 0.3) is 6.08 Å². The van der Waals surface area contributed by atoms with Gasteiger partial charge in [-0.25, -0.2) is 4.39 Å². The predicted molar refractivity (Wildman–Crippen MR) is 84.4 cm³/mol. The van der Waals surface area contributed by atoms with Crippen molar-refractivity contribution in [2.24, 2.45) is 0 Å². The van der Waals surface area contributed by atoms with E-state index in [4.69, 9.17) is 0 Å². The van der Waals surface area contributed by atoms with Crippen LogP contribution in [0.5, 0.6) is 0 Å². The Balaban J connectivity index is 2.12. The second-order valence-corrected chi connectivity index (χ2v) is 5.14. The quantitative estimate of drug-likeness (QED) is 0.657. The van der Waals surface area contributed by atoms with Gasteiger partial charge in [-0.1, -0.05) is 56.3 Å². The van der Waals surface area contributed by atoms with Crippen LogP contribution in [0, 0.1) is 5.82 Å². The molecule has 0 unspecified atom stereocenters. The van der Waals surface area contributed by atoms with Crippen LogP contribution in [0.3, 0.4) is 0 Å². The van der Waals surface area contributed by atoms with Crippen LogP contribution < -0.4 is 0 Å². The molecule has 0 fully saturated rings. The number of unbranched alkanes of at least 4 members (excludes halogenated alkanes) is 1. The van der Waals surface area contributed by atoms with Gasteiger partial charge in [-0.3, -0.25) is 0 Å². The van der Waals surface area contributed by atoms with E-state index in [2.05, 4.69) is 37.8 Å². The Hall–Kier alpha value is -1.89. The molecule has 2 aromatic carbocycles. The van der Waals surface area contributed by atoms with Gasteiger partial charge in [0.2, 0.25) is 0 Å². The van der Waals surface area contributed by atoms with Crippen molar-refractivity contribution in [1.82, 2.24) is 0 Å². The lowest BCUT2D eigenvalue weighted by molar-refractivity contribution is 0.627. The Morgan fingerprint density at radius 2 is 1.75 bits per heavy atom. The molecule has 0 aliphatic heterocycles. The van der Waals surface area contributed by atoms with Gasteiger partial charge in [0.05, 0.1) is 0 Å². The zero-order chi connectivity index (χ0) is 14.4. The molecule has 2 aromatic rings. The van der Waals surface area contributed by atoms with Gasteiger partial charge in [0, 0.05) is 0 Å². The van der Waals surface area contributed by atoms with E-state index >= 15 is 0 Å². The van der Waals surface area contributed by atoms with Gasteiger partial charge < -0.3 is 0 Å². The van der Waals surface area contributed by atoms with Crippen LogP contribution in [-0.4, -0.2) is 0 Å². The maximum atomic E-state index is 13.2. The van der Waals surface area contributed by atoms with Crippen molar-refractivity contribution in [2.45, 2.75) is 32.6 Å². The molecule has 0 aromatic heterocycles. The minimum absolute atomic E-state index is 0.210. The third kappa shape index (κ3) is 3.80. The highest BCUT2D eigenvalue weighted by molar-refractivity contribution is 5.53. The second-order valence-electron chi connectivity index (χ2n) is 5.14. The van der Waals surface area contributed by atoms with E-state index in [-0.39, 0.29) is 5.82 Å². The van der Waals surface area contributed by atoms with Crippen LogP contribution in [-0.2, 0) is 12.8 Å². The average Bonchev–Trinajstić information content (AvgIpc) is 2.48. The highest BCUT2D eigenvalue weighted by atomic mass is 19.1. The van der Waals surface area contributed by atoms with Crippen molar-refractivity contribution >= 4 is 6.08 Å². The Morgan fingerprint density at radius 3 is 2.40 bits per heavy atom. The fourth-order valence-corrected chi connectivity index (χ4v) is 2.34. The molecule has 0 amide bonds. The fraction of sp³-hybridized carbons (Fsp3) is 0.263. The molecule has 0 saturated carbocycles. The molecule has 0 N–H and O–H groups in total. The molecule has 1 heteroatoms. The van der Waals surface area contributed by atoms with Crippen molar-refractivity contribution in [3.05, 3.63) is 77.1 Å². The number of rotatable bonds is 6. The van der Waals surface area contributed by atoms with E-state index in [1.165, 1.54) is 36.1 Å². The summed E-state index contributed by atoms with van der Waals surface area (Å²) in [5, 5.41) is 0. The van der Waals surface area contributed by atoms with E-state index in [0.29, 0.717) is 0 Å². The molecule has 20 heavy (non-hydrogen) atoms. The van der Waals surface area contributed by atoms with E-state index in [1.807, 2.05) is 6.07 Å². The van der Waals surface area contributed by atoms with Gasteiger partial charge >= 0.3 is 0 Å². The van der Waals surface area contributed by atoms with Crippen LogP contribution in [0.1, 0.15) is 42.0 Å². The summed E-state index contributed by atoms with van der Waals surface area (Å²) < 4.78 is 13.2. The number of halogens is 1. The number of aryl methyl sites for hydroxylation is 1. The Labute approximate surface area is 121 Å². The summed E-state index contributed by atoms with van der Waals surface area (Å²) in [5.74, 6) is -0.210. The summed E-state index contributed by atoms with van der Waals surface area (Å²) in [6.45, 7) is 5.96. The molecule has 0 aliphatic carbocycles.